The van der Waals surface area contributed by atoms with Crippen molar-refractivity contribution < 1.29 is 18.9 Å². The molecule has 5 heteroatoms. The van der Waals surface area contributed by atoms with Crippen LogP contribution in [0.4, 0.5) is 0 Å². The molecule has 0 radical (unpaired) electrons. The van der Waals surface area contributed by atoms with Gasteiger partial charge in [0, 0.05) is 23.4 Å². The number of ether oxygens (including phenoxy) is 4. The van der Waals surface area contributed by atoms with Crippen molar-refractivity contribution in [3.63, 3.8) is 0 Å². The van der Waals surface area contributed by atoms with Crippen LogP contribution in [0.5, 0.6) is 23.0 Å². The highest BCUT2D eigenvalue weighted by atomic mass is 16.7. The van der Waals surface area contributed by atoms with Gasteiger partial charge in [0.15, 0.2) is 23.0 Å². The smallest absolute Gasteiger partial charge is 0.231 e. The van der Waals surface area contributed by atoms with Gasteiger partial charge in [0.2, 0.25) is 6.79 Å². The molecule has 0 N–H and O–H groups in total. The third kappa shape index (κ3) is 3.40. The van der Waals surface area contributed by atoms with E-state index in [1.54, 1.807) is 14.2 Å². The topological polar surface area (TPSA) is 40.2 Å². The van der Waals surface area contributed by atoms with Crippen LogP contribution in [0, 0.1) is 0 Å². The van der Waals surface area contributed by atoms with Crippen LogP contribution in [-0.4, -0.2) is 32.5 Å². The highest BCUT2D eigenvalue weighted by molar-refractivity contribution is 5.88. The van der Waals surface area contributed by atoms with Crippen LogP contribution in [-0.2, 0) is 6.42 Å². The molecule has 0 saturated heterocycles. The predicted octanol–water partition coefficient (Wildman–Crippen LogP) is 5.81. The monoisotopic (exact) mass is 421 g/mol. The summed E-state index contributed by atoms with van der Waals surface area (Å²) in [5.74, 6) is 3.38. The Bertz CT molecular complexity index is 1010. The first kappa shape index (κ1) is 20.1. The van der Waals surface area contributed by atoms with Gasteiger partial charge in [-0.1, -0.05) is 38.7 Å². The van der Waals surface area contributed by atoms with Crippen molar-refractivity contribution in [1.82, 2.24) is 4.90 Å². The molecule has 5 rings (SSSR count). The van der Waals surface area contributed by atoms with Gasteiger partial charge in [-0.25, -0.2) is 0 Å². The molecule has 31 heavy (non-hydrogen) atoms. The van der Waals surface area contributed by atoms with E-state index in [0.717, 1.165) is 42.4 Å². The van der Waals surface area contributed by atoms with E-state index in [1.165, 1.54) is 53.6 Å². The summed E-state index contributed by atoms with van der Waals surface area (Å²) in [5.41, 5.74) is 6.34. The van der Waals surface area contributed by atoms with Gasteiger partial charge >= 0.3 is 0 Å². The van der Waals surface area contributed by atoms with Crippen LogP contribution >= 0.6 is 0 Å². The average molecular weight is 422 g/mol. The Hall–Kier alpha value is -2.82. The average Bonchev–Trinajstić information content (AvgIpc) is 3.26. The summed E-state index contributed by atoms with van der Waals surface area (Å²) >= 11 is 0. The number of nitrogens with zero attached hydrogens (tertiary/aromatic N) is 1. The Labute approximate surface area is 184 Å². The molecule has 0 aromatic heterocycles. The summed E-state index contributed by atoms with van der Waals surface area (Å²) in [5, 5.41) is 0. The molecule has 0 unspecified atom stereocenters. The maximum Gasteiger partial charge on any atom is 0.231 e. The van der Waals surface area contributed by atoms with Gasteiger partial charge in [-0.05, 0) is 48.2 Å². The molecule has 0 amide bonds. The molecule has 0 saturated carbocycles. The van der Waals surface area contributed by atoms with Gasteiger partial charge in [-0.15, -0.1) is 0 Å². The SMILES string of the molecule is CCCCCC[C@H]1c2c(ccc(OC)c2OC)C=C2c3cc4c(cc3CCN21)OCO4. The highest BCUT2D eigenvalue weighted by Gasteiger charge is 2.36. The minimum absolute atomic E-state index is 0.274. The first-order valence-electron chi connectivity index (χ1n) is 11.4. The Morgan fingerprint density at radius 1 is 1.03 bits per heavy atom. The lowest BCUT2D eigenvalue weighted by atomic mass is 9.84. The highest BCUT2D eigenvalue weighted by Crippen LogP contribution is 2.51. The molecular weight excluding hydrogens is 390 g/mol. The predicted molar refractivity (Wildman–Crippen MR) is 122 cm³/mol. The van der Waals surface area contributed by atoms with Crippen LogP contribution in [0.15, 0.2) is 24.3 Å². The minimum Gasteiger partial charge on any atom is -0.493 e. The van der Waals surface area contributed by atoms with Crippen molar-refractivity contribution in [2.24, 2.45) is 0 Å². The first-order valence-corrected chi connectivity index (χ1v) is 11.4. The van der Waals surface area contributed by atoms with E-state index in [2.05, 4.69) is 36.1 Å². The fraction of sp³-hybridized carbons (Fsp3) is 0.462. The summed E-state index contributed by atoms with van der Waals surface area (Å²) in [6, 6.07) is 8.78. The van der Waals surface area contributed by atoms with Crippen LogP contribution in [0.3, 0.4) is 0 Å². The molecule has 5 nitrogen and oxygen atoms in total. The quantitative estimate of drug-likeness (QED) is 0.527. The summed E-state index contributed by atoms with van der Waals surface area (Å²) < 4.78 is 22.8. The number of methoxy groups -OCH3 is 2. The zero-order valence-corrected chi connectivity index (χ0v) is 18.7. The van der Waals surface area contributed by atoms with E-state index in [-0.39, 0.29) is 6.04 Å². The van der Waals surface area contributed by atoms with Crippen LogP contribution < -0.4 is 18.9 Å². The Morgan fingerprint density at radius 3 is 2.65 bits per heavy atom. The summed E-state index contributed by atoms with van der Waals surface area (Å²) in [7, 11) is 3.46. The summed E-state index contributed by atoms with van der Waals surface area (Å²) in [4.78, 5) is 2.57. The van der Waals surface area contributed by atoms with Gasteiger partial charge in [0.1, 0.15) is 0 Å². The van der Waals surface area contributed by atoms with Gasteiger partial charge < -0.3 is 23.8 Å². The summed E-state index contributed by atoms with van der Waals surface area (Å²) in [6.07, 6.45) is 9.40. The lowest BCUT2D eigenvalue weighted by Crippen LogP contribution is -2.35. The van der Waals surface area contributed by atoms with Crippen molar-refractivity contribution in [2.45, 2.75) is 51.5 Å². The number of benzene rings is 2. The zero-order valence-electron chi connectivity index (χ0n) is 18.7. The second-order valence-corrected chi connectivity index (χ2v) is 8.50. The van der Waals surface area contributed by atoms with Gasteiger partial charge in [-0.3, -0.25) is 0 Å². The molecule has 1 atom stereocenters. The third-order valence-corrected chi connectivity index (χ3v) is 6.76. The van der Waals surface area contributed by atoms with Crippen LogP contribution in [0.25, 0.3) is 11.8 Å². The molecule has 0 aliphatic carbocycles. The minimum atomic E-state index is 0.274. The van der Waals surface area contributed by atoms with Gasteiger partial charge in [0.25, 0.3) is 0 Å². The molecule has 164 valence electrons. The zero-order chi connectivity index (χ0) is 21.4. The van der Waals surface area contributed by atoms with Crippen molar-refractivity contribution >= 4 is 11.8 Å². The lowest BCUT2D eigenvalue weighted by molar-refractivity contribution is 0.174. The molecule has 3 aliphatic rings. The lowest BCUT2D eigenvalue weighted by Gasteiger charge is -2.43. The second-order valence-electron chi connectivity index (χ2n) is 8.50. The third-order valence-electron chi connectivity index (χ3n) is 6.76. The molecule has 2 aromatic carbocycles. The van der Waals surface area contributed by atoms with Crippen LogP contribution in [0.1, 0.15) is 67.3 Å². The number of unbranched alkanes of at least 4 members (excludes halogenated alkanes) is 3. The first-order chi connectivity index (χ1) is 15.2. The summed E-state index contributed by atoms with van der Waals surface area (Å²) in [6.45, 7) is 3.55. The molecular formula is C26H31NO4. The van der Waals surface area contributed by atoms with E-state index in [9.17, 15) is 0 Å². The van der Waals surface area contributed by atoms with Crippen molar-refractivity contribution in [1.29, 1.82) is 0 Å². The largest absolute Gasteiger partial charge is 0.493 e. The molecule has 0 bridgehead atoms. The maximum atomic E-state index is 5.88. The number of hydrogen-bond donors (Lipinski definition) is 0. The fourth-order valence-electron chi connectivity index (χ4n) is 5.23. The normalized spacial score (nSPS) is 18.1. The number of fused-ring (bicyclic) bond motifs is 5. The van der Waals surface area contributed by atoms with E-state index >= 15 is 0 Å². The Kier molecular flexibility index (Phi) is 5.43. The van der Waals surface area contributed by atoms with E-state index in [0.29, 0.717) is 6.79 Å². The van der Waals surface area contributed by atoms with Crippen LogP contribution in [0.2, 0.25) is 0 Å². The Morgan fingerprint density at radius 2 is 1.87 bits per heavy atom. The molecule has 0 fully saturated rings. The van der Waals surface area contributed by atoms with E-state index in [1.807, 2.05) is 6.07 Å². The van der Waals surface area contributed by atoms with Crippen molar-refractivity contribution in [2.75, 3.05) is 27.6 Å². The Balaban J connectivity index is 1.61. The van der Waals surface area contributed by atoms with E-state index < -0.39 is 0 Å². The van der Waals surface area contributed by atoms with Crippen molar-refractivity contribution in [3.05, 3.63) is 46.5 Å². The molecule has 2 aromatic rings. The number of hydrogen-bond acceptors (Lipinski definition) is 5. The molecule has 3 aliphatic heterocycles. The van der Waals surface area contributed by atoms with Gasteiger partial charge in [0.05, 0.1) is 20.3 Å². The molecule has 3 heterocycles. The maximum absolute atomic E-state index is 5.88. The standard InChI is InChI=1S/C26H31NO4/c1-4-5-6-7-8-20-25-18(9-10-22(28-2)26(25)29-3)13-21-19-15-24-23(30-16-31-24)14-17(19)11-12-27(20)21/h9-10,13-15,20H,4-8,11-12,16H2,1-3H3/t20-/m0/s1. The fourth-order valence-corrected chi connectivity index (χ4v) is 5.23. The van der Waals surface area contributed by atoms with Crippen molar-refractivity contribution in [3.8, 4) is 23.0 Å². The van der Waals surface area contributed by atoms with E-state index in [4.69, 9.17) is 18.9 Å². The van der Waals surface area contributed by atoms with Gasteiger partial charge in [-0.2, -0.15) is 0 Å². The molecule has 0 spiro atoms. The second kappa shape index (κ2) is 8.37. The number of rotatable bonds is 7.